The summed E-state index contributed by atoms with van der Waals surface area (Å²) in [5, 5.41) is 18.7. The normalized spacial score (nSPS) is 21.1. The SMILES string of the molecule is CN1C(=S)N(c2cnc(C#N)c(C(F)(F)F)c2)C(=O)C12Cc1ccc(O)cc1C2. The van der Waals surface area contributed by atoms with Crippen LogP contribution in [0.5, 0.6) is 5.75 Å². The van der Waals surface area contributed by atoms with E-state index in [2.05, 4.69) is 4.98 Å². The summed E-state index contributed by atoms with van der Waals surface area (Å²) in [5.74, 6) is -0.403. The Morgan fingerprint density at radius 1 is 1.28 bits per heavy atom. The van der Waals surface area contributed by atoms with Gasteiger partial charge in [-0.2, -0.15) is 18.4 Å². The second-order valence-corrected chi connectivity index (χ2v) is 7.38. The number of nitriles is 1. The lowest BCUT2D eigenvalue weighted by atomic mass is 9.94. The third-order valence-corrected chi connectivity index (χ3v) is 5.88. The third-order valence-electron chi connectivity index (χ3n) is 5.42. The van der Waals surface area contributed by atoms with Gasteiger partial charge in [-0.1, -0.05) is 6.07 Å². The van der Waals surface area contributed by atoms with E-state index in [9.17, 15) is 23.1 Å². The molecule has 1 aromatic heterocycles. The zero-order valence-electron chi connectivity index (χ0n) is 15.0. The van der Waals surface area contributed by atoms with E-state index in [-0.39, 0.29) is 23.0 Å². The van der Waals surface area contributed by atoms with Crippen molar-refractivity contribution in [1.29, 1.82) is 5.26 Å². The lowest BCUT2D eigenvalue weighted by Crippen LogP contribution is -2.48. The number of benzene rings is 1. The number of rotatable bonds is 1. The number of phenols is 1. The molecule has 2 aromatic rings. The van der Waals surface area contributed by atoms with Crippen molar-refractivity contribution in [2.75, 3.05) is 11.9 Å². The molecule has 1 unspecified atom stereocenters. The van der Waals surface area contributed by atoms with Gasteiger partial charge < -0.3 is 10.0 Å². The van der Waals surface area contributed by atoms with Gasteiger partial charge in [-0.25, -0.2) is 4.98 Å². The van der Waals surface area contributed by atoms with Crippen molar-refractivity contribution in [2.45, 2.75) is 24.6 Å². The van der Waals surface area contributed by atoms with Crippen molar-refractivity contribution >= 4 is 28.9 Å². The zero-order chi connectivity index (χ0) is 21.1. The van der Waals surface area contributed by atoms with E-state index in [1.165, 1.54) is 12.1 Å². The molecule has 1 amide bonds. The Labute approximate surface area is 168 Å². The summed E-state index contributed by atoms with van der Waals surface area (Å²) >= 11 is 5.37. The van der Waals surface area contributed by atoms with E-state index in [0.717, 1.165) is 28.3 Å². The van der Waals surface area contributed by atoms with Crippen LogP contribution in [0.25, 0.3) is 0 Å². The van der Waals surface area contributed by atoms with Crippen molar-refractivity contribution in [3.05, 3.63) is 52.8 Å². The molecule has 1 spiro atoms. The van der Waals surface area contributed by atoms with Crippen LogP contribution in [0.1, 0.15) is 22.4 Å². The molecule has 29 heavy (non-hydrogen) atoms. The van der Waals surface area contributed by atoms with Crippen LogP contribution in [-0.4, -0.2) is 38.6 Å². The molecule has 1 aliphatic heterocycles. The molecule has 2 aliphatic rings. The van der Waals surface area contributed by atoms with Crippen LogP contribution in [0.15, 0.2) is 30.5 Å². The molecule has 0 bridgehead atoms. The minimum absolute atomic E-state index is 0.0478. The highest BCUT2D eigenvalue weighted by molar-refractivity contribution is 7.80. The number of carbonyl (C=O) groups excluding carboxylic acids is 1. The van der Waals surface area contributed by atoms with Crippen LogP contribution < -0.4 is 4.90 Å². The van der Waals surface area contributed by atoms with Crippen molar-refractivity contribution in [1.82, 2.24) is 9.88 Å². The van der Waals surface area contributed by atoms with E-state index < -0.39 is 28.9 Å². The number of amides is 1. The molecule has 10 heteroatoms. The van der Waals surface area contributed by atoms with E-state index >= 15 is 0 Å². The summed E-state index contributed by atoms with van der Waals surface area (Å²) in [5.41, 5.74) is -1.58. The lowest BCUT2D eigenvalue weighted by molar-refractivity contribution is -0.138. The Kier molecular flexibility index (Phi) is 4.06. The van der Waals surface area contributed by atoms with E-state index in [1.54, 1.807) is 24.1 Å². The number of likely N-dealkylation sites (N-methyl/N-ethyl adjacent to an activating group) is 1. The summed E-state index contributed by atoms with van der Waals surface area (Å²) < 4.78 is 40.0. The summed E-state index contributed by atoms with van der Waals surface area (Å²) in [6.45, 7) is 0. The monoisotopic (exact) mass is 418 g/mol. The Hall–Kier alpha value is -3.19. The molecule has 6 nitrogen and oxygen atoms in total. The largest absolute Gasteiger partial charge is 0.508 e. The van der Waals surface area contributed by atoms with E-state index in [1.807, 2.05) is 0 Å². The number of anilines is 1. The van der Waals surface area contributed by atoms with Crippen LogP contribution >= 0.6 is 12.2 Å². The number of thiocarbonyl (C=S) groups is 1. The van der Waals surface area contributed by atoms with Gasteiger partial charge in [0.15, 0.2) is 10.8 Å². The Morgan fingerprint density at radius 2 is 1.97 bits per heavy atom. The molecule has 2 heterocycles. The number of hydrogen-bond donors (Lipinski definition) is 1. The van der Waals surface area contributed by atoms with Gasteiger partial charge in [0.05, 0.1) is 17.4 Å². The van der Waals surface area contributed by atoms with Gasteiger partial charge in [0.2, 0.25) is 0 Å². The number of pyridine rings is 1. The zero-order valence-corrected chi connectivity index (χ0v) is 15.8. The number of fused-ring (bicyclic) bond motifs is 1. The molecule has 0 saturated carbocycles. The quantitative estimate of drug-likeness (QED) is 0.718. The van der Waals surface area contributed by atoms with Gasteiger partial charge in [0.25, 0.3) is 5.91 Å². The van der Waals surface area contributed by atoms with Crippen molar-refractivity contribution in [2.24, 2.45) is 0 Å². The van der Waals surface area contributed by atoms with Gasteiger partial charge in [-0.3, -0.25) is 9.69 Å². The number of halogens is 3. The number of hydrogen-bond acceptors (Lipinski definition) is 5. The second-order valence-electron chi connectivity index (χ2n) is 7.02. The summed E-state index contributed by atoms with van der Waals surface area (Å²) in [7, 11) is 1.62. The highest BCUT2D eigenvalue weighted by Gasteiger charge is 2.57. The first-order chi connectivity index (χ1) is 13.6. The van der Waals surface area contributed by atoms with Crippen molar-refractivity contribution in [3.8, 4) is 11.8 Å². The molecular formula is C19H13F3N4O2S. The first-order valence-corrected chi connectivity index (χ1v) is 8.90. The fraction of sp³-hybridized carbons (Fsp3) is 0.263. The van der Waals surface area contributed by atoms with E-state index in [0.29, 0.717) is 6.42 Å². The molecule has 1 saturated heterocycles. The summed E-state index contributed by atoms with van der Waals surface area (Å²) in [6, 6.07) is 6.95. The van der Waals surface area contributed by atoms with Crippen LogP contribution in [0, 0.1) is 11.3 Å². The van der Waals surface area contributed by atoms with E-state index in [4.69, 9.17) is 17.5 Å². The number of nitrogens with zero attached hydrogens (tertiary/aromatic N) is 4. The van der Waals surface area contributed by atoms with Gasteiger partial charge in [0, 0.05) is 19.9 Å². The number of carbonyl (C=O) groups is 1. The first-order valence-electron chi connectivity index (χ1n) is 8.49. The maximum atomic E-state index is 13.4. The highest BCUT2D eigenvalue weighted by atomic mass is 32.1. The molecule has 1 N–H and O–H groups in total. The smallest absolute Gasteiger partial charge is 0.419 e. The molecule has 1 aliphatic carbocycles. The van der Waals surface area contributed by atoms with Crippen molar-refractivity contribution < 1.29 is 23.1 Å². The van der Waals surface area contributed by atoms with Crippen LogP contribution in [0.4, 0.5) is 18.9 Å². The predicted octanol–water partition coefficient (Wildman–Crippen LogP) is 2.78. The molecule has 1 aromatic carbocycles. The molecular weight excluding hydrogens is 405 g/mol. The van der Waals surface area contributed by atoms with Gasteiger partial charge in [0.1, 0.15) is 17.4 Å². The average molecular weight is 418 g/mol. The molecule has 4 rings (SSSR count). The Morgan fingerprint density at radius 3 is 2.62 bits per heavy atom. The second kappa shape index (κ2) is 6.15. The van der Waals surface area contributed by atoms with Gasteiger partial charge >= 0.3 is 6.18 Å². The Bertz CT molecular complexity index is 1110. The van der Waals surface area contributed by atoms with Crippen LogP contribution in [0.3, 0.4) is 0 Å². The highest BCUT2D eigenvalue weighted by Crippen LogP contribution is 2.43. The van der Waals surface area contributed by atoms with Crippen LogP contribution in [0.2, 0.25) is 0 Å². The molecule has 1 atom stereocenters. The fourth-order valence-corrected chi connectivity index (χ4v) is 4.27. The average Bonchev–Trinajstić information content (AvgIpc) is 3.13. The standard InChI is InChI=1S/C19H13F3N4O2S/c1-25-17(29)26(12-5-14(19(20,21)22)15(8-23)24-9-12)16(28)18(25)6-10-2-3-13(27)4-11(10)7-18/h2-5,9,27H,6-7H2,1H3. The van der Waals surface area contributed by atoms with Crippen LogP contribution in [-0.2, 0) is 23.8 Å². The number of alkyl halides is 3. The van der Waals surface area contributed by atoms with Crippen molar-refractivity contribution in [3.63, 3.8) is 0 Å². The topological polar surface area (TPSA) is 80.5 Å². The first kappa shape index (κ1) is 19.1. The number of phenolic OH excluding ortho intramolecular Hbond substituents is 1. The minimum Gasteiger partial charge on any atom is -0.508 e. The lowest BCUT2D eigenvalue weighted by Gasteiger charge is -2.28. The van der Waals surface area contributed by atoms with Gasteiger partial charge in [-0.05, 0) is 41.5 Å². The third kappa shape index (κ3) is 2.73. The maximum Gasteiger partial charge on any atom is 0.419 e. The predicted molar refractivity (Wildman–Crippen MR) is 100 cm³/mol. The number of aromatic hydroxyl groups is 1. The summed E-state index contributed by atoms with van der Waals surface area (Å²) in [6.07, 6.45) is -3.19. The maximum absolute atomic E-state index is 13.4. The van der Waals surface area contributed by atoms with Gasteiger partial charge in [-0.15, -0.1) is 0 Å². The molecule has 1 fully saturated rings. The minimum atomic E-state index is -4.80. The summed E-state index contributed by atoms with van der Waals surface area (Å²) in [4.78, 5) is 19.6. The number of aromatic nitrogens is 1. The molecule has 0 radical (unpaired) electrons. The fourth-order valence-electron chi connectivity index (χ4n) is 3.91. The molecule has 148 valence electrons. The Balaban J connectivity index is 1.78.